The summed E-state index contributed by atoms with van der Waals surface area (Å²) in [5.41, 5.74) is 5.30. The number of nitrogens with two attached hydrogens (primary N) is 1. The molecule has 9 heteroatoms. The first-order valence-corrected chi connectivity index (χ1v) is 4.42. The van der Waals surface area contributed by atoms with Crippen LogP contribution in [-0.2, 0) is 0 Å². The summed E-state index contributed by atoms with van der Waals surface area (Å²) in [5.74, 6) is -0.317. The quantitative estimate of drug-likeness (QED) is 0.358. The van der Waals surface area contributed by atoms with E-state index in [4.69, 9.17) is 15.7 Å². The maximum absolute atomic E-state index is 11.8. The topological polar surface area (TPSA) is 93.6 Å². The van der Waals surface area contributed by atoms with Crippen LogP contribution < -0.4 is 10.5 Å². The van der Waals surface area contributed by atoms with Gasteiger partial charge in [0.15, 0.2) is 5.84 Å². The van der Waals surface area contributed by atoms with Gasteiger partial charge in [-0.05, 0) is 0 Å². The van der Waals surface area contributed by atoms with Gasteiger partial charge in [0.05, 0.1) is 25.4 Å². The van der Waals surface area contributed by atoms with Crippen molar-refractivity contribution in [3.8, 4) is 5.88 Å². The summed E-state index contributed by atoms with van der Waals surface area (Å²) in [6.45, 7) is -0.541. The summed E-state index contributed by atoms with van der Waals surface area (Å²) < 4.78 is 40.1. The smallest absolute Gasteiger partial charge is 0.392 e. The van der Waals surface area contributed by atoms with Crippen molar-refractivity contribution < 1.29 is 23.1 Å². The molecule has 0 aromatic carbocycles. The van der Waals surface area contributed by atoms with E-state index in [1.54, 1.807) is 0 Å². The fraction of sp³-hybridized carbons (Fsp3) is 0.375. The van der Waals surface area contributed by atoms with Gasteiger partial charge in [-0.25, -0.2) is 9.97 Å². The minimum atomic E-state index is -4.28. The molecular formula is C8H9F3N4O2. The maximum atomic E-state index is 11.8. The first-order chi connectivity index (χ1) is 7.92. The molecule has 0 bridgehead atoms. The Morgan fingerprint density at radius 1 is 1.41 bits per heavy atom. The SMILES string of the molecule is NC(=NO)c1cnc(OCCC(F)(F)F)cn1. The van der Waals surface area contributed by atoms with E-state index in [-0.39, 0.29) is 17.4 Å². The molecule has 17 heavy (non-hydrogen) atoms. The van der Waals surface area contributed by atoms with Gasteiger partial charge in [-0.1, -0.05) is 5.16 Å². The standard InChI is InChI=1S/C8H9F3N4O2/c9-8(10,11)1-2-17-6-4-13-5(3-14-6)7(12)15-16/h3-4,16H,1-2H2,(H2,12,15). The third kappa shape index (κ3) is 4.53. The van der Waals surface area contributed by atoms with Gasteiger partial charge in [0.1, 0.15) is 5.69 Å². The number of ether oxygens (including phenoxy) is 1. The molecule has 1 aromatic rings. The van der Waals surface area contributed by atoms with Crippen LogP contribution in [-0.4, -0.2) is 33.8 Å². The Hall–Kier alpha value is -2.06. The Labute approximate surface area is 93.9 Å². The van der Waals surface area contributed by atoms with Crippen LogP contribution in [0.15, 0.2) is 17.5 Å². The van der Waals surface area contributed by atoms with Gasteiger partial charge >= 0.3 is 6.18 Å². The number of rotatable bonds is 4. The summed E-state index contributed by atoms with van der Waals surface area (Å²) in [7, 11) is 0. The average molecular weight is 250 g/mol. The lowest BCUT2D eigenvalue weighted by molar-refractivity contribution is -0.139. The van der Waals surface area contributed by atoms with Crippen molar-refractivity contribution in [2.24, 2.45) is 10.9 Å². The summed E-state index contributed by atoms with van der Waals surface area (Å²) in [4.78, 5) is 7.32. The molecule has 0 aliphatic heterocycles. The number of alkyl halides is 3. The lowest BCUT2D eigenvalue weighted by Crippen LogP contribution is -2.16. The molecule has 0 amide bonds. The fourth-order valence-electron chi connectivity index (χ4n) is 0.846. The van der Waals surface area contributed by atoms with E-state index in [2.05, 4.69) is 15.1 Å². The highest BCUT2D eigenvalue weighted by Crippen LogP contribution is 2.19. The molecule has 0 atom stereocenters. The van der Waals surface area contributed by atoms with Gasteiger partial charge < -0.3 is 15.7 Å². The predicted molar refractivity (Wildman–Crippen MR) is 50.7 cm³/mol. The number of hydrogen-bond donors (Lipinski definition) is 2. The summed E-state index contributed by atoms with van der Waals surface area (Å²) >= 11 is 0. The van der Waals surface area contributed by atoms with E-state index >= 15 is 0 Å². The molecule has 0 saturated heterocycles. The Bertz CT molecular complexity index is 391. The lowest BCUT2D eigenvalue weighted by Gasteiger charge is -2.07. The number of amidine groups is 1. The second kappa shape index (κ2) is 5.32. The largest absolute Gasteiger partial charge is 0.476 e. The fourth-order valence-corrected chi connectivity index (χ4v) is 0.846. The predicted octanol–water partition coefficient (Wildman–Crippen LogP) is 0.902. The third-order valence-electron chi connectivity index (χ3n) is 1.63. The molecule has 94 valence electrons. The molecule has 0 aliphatic rings. The molecule has 1 aromatic heterocycles. The minimum absolute atomic E-state index is 0.0660. The maximum Gasteiger partial charge on any atom is 0.392 e. The molecule has 1 rings (SSSR count). The van der Waals surface area contributed by atoms with Gasteiger partial charge in [-0.15, -0.1) is 0 Å². The third-order valence-corrected chi connectivity index (χ3v) is 1.63. The molecule has 0 fully saturated rings. The first-order valence-electron chi connectivity index (χ1n) is 4.42. The van der Waals surface area contributed by atoms with E-state index < -0.39 is 19.2 Å². The Balaban J connectivity index is 2.52. The van der Waals surface area contributed by atoms with Gasteiger partial charge in [-0.2, -0.15) is 13.2 Å². The Kier molecular flexibility index (Phi) is 4.07. The van der Waals surface area contributed by atoms with E-state index in [0.29, 0.717) is 0 Å². The zero-order valence-corrected chi connectivity index (χ0v) is 8.48. The summed E-state index contributed by atoms with van der Waals surface area (Å²) in [6, 6.07) is 0. The molecular weight excluding hydrogens is 241 g/mol. The van der Waals surface area contributed by atoms with Gasteiger partial charge in [0, 0.05) is 0 Å². The molecule has 0 aliphatic carbocycles. The van der Waals surface area contributed by atoms with Crippen LogP contribution in [0.2, 0.25) is 0 Å². The van der Waals surface area contributed by atoms with Gasteiger partial charge in [0.25, 0.3) is 0 Å². The molecule has 0 saturated carbocycles. The van der Waals surface area contributed by atoms with Crippen LogP contribution in [0.3, 0.4) is 0 Å². The van der Waals surface area contributed by atoms with Crippen LogP contribution in [0.1, 0.15) is 12.1 Å². The van der Waals surface area contributed by atoms with Crippen molar-refractivity contribution in [1.29, 1.82) is 0 Å². The van der Waals surface area contributed by atoms with Crippen molar-refractivity contribution in [2.45, 2.75) is 12.6 Å². The van der Waals surface area contributed by atoms with Crippen molar-refractivity contribution in [3.05, 3.63) is 18.1 Å². The number of halogens is 3. The highest BCUT2D eigenvalue weighted by atomic mass is 19.4. The molecule has 6 nitrogen and oxygen atoms in total. The number of oxime groups is 1. The van der Waals surface area contributed by atoms with Crippen LogP contribution in [0, 0.1) is 0 Å². The Morgan fingerprint density at radius 2 is 2.12 bits per heavy atom. The van der Waals surface area contributed by atoms with Crippen LogP contribution in [0.5, 0.6) is 5.88 Å². The van der Waals surface area contributed by atoms with Crippen LogP contribution >= 0.6 is 0 Å². The van der Waals surface area contributed by atoms with Crippen molar-refractivity contribution in [3.63, 3.8) is 0 Å². The normalized spacial score (nSPS) is 12.5. The van der Waals surface area contributed by atoms with Gasteiger partial charge in [-0.3, -0.25) is 0 Å². The van der Waals surface area contributed by atoms with Crippen LogP contribution in [0.4, 0.5) is 13.2 Å². The number of hydrogen-bond acceptors (Lipinski definition) is 5. The highest BCUT2D eigenvalue weighted by Gasteiger charge is 2.26. The van der Waals surface area contributed by atoms with E-state index in [1.165, 1.54) is 0 Å². The van der Waals surface area contributed by atoms with Gasteiger partial charge in [0.2, 0.25) is 5.88 Å². The highest BCUT2D eigenvalue weighted by molar-refractivity contribution is 5.94. The molecule has 0 radical (unpaired) electrons. The summed E-state index contributed by atoms with van der Waals surface area (Å²) in [6.07, 6.45) is -3.14. The van der Waals surface area contributed by atoms with Crippen molar-refractivity contribution >= 4 is 5.84 Å². The zero-order valence-electron chi connectivity index (χ0n) is 8.48. The Morgan fingerprint density at radius 3 is 2.59 bits per heavy atom. The van der Waals surface area contributed by atoms with Crippen molar-refractivity contribution in [1.82, 2.24) is 9.97 Å². The van der Waals surface area contributed by atoms with Crippen LogP contribution in [0.25, 0.3) is 0 Å². The number of nitrogens with zero attached hydrogens (tertiary/aromatic N) is 3. The zero-order chi connectivity index (χ0) is 12.9. The second-order valence-corrected chi connectivity index (χ2v) is 2.94. The molecule has 0 unspecified atom stereocenters. The molecule has 1 heterocycles. The lowest BCUT2D eigenvalue weighted by atomic mass is 10.4. The molecule has 3 N–H and O–H groups in total. The van der Waals surface area contributed by atoms with E-state index in [0.717, 1.165) is 12.4 Å². The summed E-state index contributed by atoms with van der Waals surface area (Å²) in [5, 5.41) is 11.0. The van der Waals surface area contributed by atoms with E-state index in [1.807, 2.05) is 0 Å². The minimum Gasteiger partial charge on any atom is -0.476 e. The number of aromatic nitrogens is 2. The van der Waals surface area contributed by atoms with E-state index in [9.17, 15) is 13.2 Å². The second-order valence-electron chi connectivity index (χ2n) is 2.94. The monoisotopic (exact) mass is 250 g/mol. The van der Waals surface area contributed by atoms with Crippen molar-refractivity contribution in [2.75, 3.05) is 6.61 Å². The molecule has 0 spiro atoms. The average Bonchev–Trinajstić information content (AvgIpc) is 2.27. The first kappa shape index (κ1) is 13.0.